The molecule has 0 spiro atoms. The first-order valence-electron chi connectivity index (χ1n) is 15.2. The topological polar surface area (TPSA) is 9.23 Å². The van der Waals surface area contributed by atoms with Crippen LogP contribution >= 0.6 is 15.8 Å². The maximum Gasteiger partial charge on any atom is 0.140 e. The molecule has 0 fully saturated rings. The van der Waals surface area contributed by atoms with Gasteiger partial charge in [0.1, 0.15) is 11.5 Å². The number of hydrogen-bond donors (Lipinski definition) is 0. The molecule has 0 aromatic heterocycles. The third kappa shape index (κ3) is 4.99. The number of ether oxygens (including phenoxy) is 1. The van der Waals surface area contributed by atoms with Crippen molar-refractivity contribution >= 4 is 47.7 Å². The van der Waals surface area contributed by atoms with Gasteiger partial charge in [-0.05, 0) is 68.1 Å². The first-order chi connectivity index (χ1) is 21.4. The van der Waals surface area contributed by atoms with Crippen molar-refractivity contribution in [2.24, 2.45) is 0 Å². The Bertz CT molecular complexity index is 1840. The van der Waals surface area contributed by atoms with Crippen LogP contribution in [0.5, 0.6) is 11.5 Å². The summed E-state index contributed by atoms with van der Waals surface area (Å²) in [6.45, 7) is 9.29. The van der Waals surface area contributed by atoms with Gasteiger partial charge < -0.3 is 4.74 Å². The van der Waals surface area contributed by atoms with Crippen molar-refractivity contribution in [3.05, 3.63) is 168 Å². The molecule has 1 aliphatic heterocycles. The number of para-hydroxylation sites is 1. The molecule has 1 aliphatic rings. The van der Waals surface area contributed by atoms with Gasteiger partial charge in [-0.3, -0.25) is 0 Å². The van der Waals surface area contributed by atoms with Crippen molar-refractivity contribution < 1.29 is 4.74 Å². The predicted molar refractivity (Wildman–Crippen MR) is 192 cm³/mol. The van der Waals surface area contributed by atoms with Gasteiger partial charge in [-0.25, -0.2) is 0 Å². The van der Waals surface area contributed by atoms with Crippen LogP contribution in [0.3, 0.4) is 0 Å². The third-order valence-corrected chi connectivity index (χ3v) is 13.7. The van der Waals surface area contributed by atoms with Gasteiger partial charge in [0.05, 0.1) is 0 Å². The van der Waals surface area contributed by atoms with Crippen LogP contribution in [-0.2, 0) is 5.41 Å². The second-order valence-electron chi connectivity index (χ2n) is 11.9. The van der Waals surface area contributed by atoms with Crippen LogP contribution in [0.4, 0.5) is 0 Å². The first-order valence-corrected chi connectivity index (χ1v) is 17.9. The van der Waals surface area contributed by atoms with Gasteiger partial charge in [0.25, 0.3) is 0 Å². The Morgan fingerprint density at radius 3 is 1.36 bits per heavy atom. The van der Waals surface area contributed by atoms with Gasteiger partial charge in [0.15, 0.2) is 0 Å². The lowest BCUT2D eigenvalue weighted by Gasteiger charge is -2.40. The van der Waals surface area contributed by atoms with Gasteiger partial charge in [0, 0.05) is 27.2 Å². The van der Waals surface area contributed by atoms with Crippen LogP contribution in [0.1, 0.15) is 36.1 Å². The van der Waals surface area contributed by atoms with Crippen LogP contribution in [0.2, 0.25) is 0 Å². The molecule has 0 radical (unpaired) electrons. The van der Waals surface area contributed by atoms with Gasteiger partial charge in [-0.2, -0.15) is 0 Å². The van der Waals surface area contributed by atoms with E-state index in [1.165, 1.54) is 54.1 Å². The lowest BCUT2D eigenvalue weighted by Crippen LogP contribution is -2.34. The van der Waals surface area contributed by atoms with E-state index in [9.17, 15) is 0 Å². The molecule has 6 aromatic carbocycles. The highest BCUT2D eigenvalue weighted by Gasteiger charge is 2.41. The zero-order valence-corrected chi connectivity index (χ0v) is 27.4. The van der Waals surface area contributed by atoms with Crippen LogP contribution < -0.4 is 36.6 Å². The van der Waals surface area contributed by atoms with Crippen LogP contribution in [0, 0.1) is 13.8 Å². The molecular weight excluding hydrogens is 570 g/mol. The molecule has 0 amide bonds. The van der Waals surface area contributed by atoms with Crippen molar-refractivity contribution in [2.75, 3.05) is 0 Å². The molecule has 3 heteroatoms. The number of fused-ring (bicyclic) bond motifs is 2. The molecule has 216 valence electrons. The fraction of sp³-hybridized carbons (Fsp3) is 0.122. The molecule has 1 nitrogen and oxygen atoms in total. The average Bonchev–Trinajstić information content (AvgIpc) is 3.06. The van der Waals surface area contributed by atoms with Crippen LogP contribution in [-0.4, -0.2) is 0 Å². The van der Waals surface area contributed by atoms with Crippen LogP contribution in [0.25, 0.3) is 0 Å². The molecule has 0 atom stereocenters. The van der Waals surface area contributed by atoms with E-state index in [1.807, 2.05) is 0 Å². The summed E-state index contributed by atoms with van der Waals surface area (Å²) < 4.78 is 7.39. The van der Waals surface area contributed by atoms with Crippen LogP contribution in [0.15, 0.2) is 146 Å². The van der Waals surface area contributed by atoms with Crippen molar-refractivity contribution in [3.8, 4) is 11.5 Å². The normalized spacial score (nSPS) is 13.3. The molecule has 0 saturated carbocycles. The number of rotatable bonds is 6. The molecule has 0 saturated heterocycles. The Morgan fingerprint density at radius 1 is 0.477 bits per heavy atom. The Labute approximate surface area is 264 Å². The Hall–Kier alpha value is -4.02. The molecule has 0 N–H and O–H groups in total. The molecule has 44 heavy (non-hydrogen) atoms. The molecule has 6 aromatic rings. The third-order valence-electron chi connectivity index (χ3n) is 8.82. The van der Waals surface area contributed by atoms with Crippen molar-refractivity contribution in [1.82, 2.24) is 0 Å². The highest BCUT2D eigenvalue weighted by Crippen LogP contribution is 2.53. The molecule has 0 bridgehead atoms. The smallest absolute Gasteiger partial charge is 0.140 e. The SMILES string of the molecule is Cc1cc(P(c2ccccc2)c2ccccc2)c2c(c1C)C(C)(C)c1cccc(P(c3ccccc3)c3ccccc3)c1O2. The lowest BCUT2D eigenvalue weighted by atomic mass is 9.73. The maximum atomic E-state index is 7.39. The van der Waals surface area contributed by atoms with Gasteiger partial charge in [-0.15, -0.1) is 0 Å². The van der Waals surface area contributed by atoms with E-state index in [0.29, 0.717) is 0 Å². The van der Waals surface area contributed by atoms with Crippen molar-refractivity contribution in [1.29, 1.82) is 0 Å². The summed E-state index contributed by atoms with van der Waals surface area (Å²) in [7, 11) is -1.69. The monoisotopic (exact) mass is 606 g/mol. The summed E-state index contributed by atoms with van der Waals surface area (Å²) in [6, 6.07) is 53.1. The van der Waals surface area contributed by atoms with E-state index in [4.69, 9.17) is 4.74 Å². The van der Waals surface area contributed by atoms with E-state index in [-0.39, 0.29) is 5.41 Å². The molecular formula is C41H36OP2. The minimum Gasteiger partial charge on any atom is -0.455 e. The number of hydrogen-bond acceptors (Lipinski definition) is 1. The standard InChI is InChI=1S/C41H36OP2/c1-29-28-37(44(33-22-13-7-14-23-33)34-24-15-8-16-25-34)40-38(30(29)2)41(3,4)35-26-17-27-36(39(35)42-40)43(31-18-9-5-10-19-31)32-20-11-6-12-21-32/h5-28H,1-4H3. The zero-order valence-electron chi connectivity index (χ0n) is 25.7. The highest BCUT2D eigenvalue weighted by atomic mass is 31.1. The molecule has 7 rings (SSSR count). The summed E-state index contributed by atoms with van der Waals surface area (Å²) in [5.41, 5.74) is 4.94. The summed E-state index contributed by atoms with van der Waals surface area (Å²) in [5, 5.41) is 7.86. The van der Waals surface area contributed by atoms with Gasteiger partial charge >= 0.3 is 0 Å². The summed E-state index contributed by atoms with van der Waals surface area (Å²) in [6.07, 6.45) is 0. The largest absolute Gasteiger partial charge is 0.455 e. The summed E-state index contributed by atoms with van der Waals surface area (Å²) in [5.74, 6) is 2.05. The van der Waals surface area contributed by atoms with Crippen molar-refractivity contribution in [2.45, 2.75) is 33.1 Å². The average molecular weight is 607 g/mol. The molecule has 1 heterocycles. The number of aryl methyl sites for hydroxylation is 1. The molecule has 0 unspecified atom stereocenters. The zero-order chi connectivity index (χ0) is 30.3. The van der Waals surface area contributed by atoms with E-state index in [0.717, 1.165) is 11.5 Å². The minimum atomic E-state index is -0.852. The maximum absolute atomic E-state index is 7.39. The van der Waals surface area contributed by atoms with Gasteiger partial charge in [0.2, 0.25) is 0 Å². The highest BCUT2D eigenvalue weighted by molar-refractivity contribution is 7.80. The Kier molecular flexibility index (Phi) is 7.72. The quantitative estimate of drug-likeness (QED) is 0.174. The van der Waals surface area contributed by atoms with Gasteiger partial charge in [-0.1, -0.05) is 153 Å². The van der Waals surface area contributed by atoms with Crippen molar-refractivity contribution in [3.63, 3.8) is 0 Å². The van der Waals surface area contributed by atoms with E-state index in [1.54, 1.807) is 0 Å². The lowest BCUT2D eigenvalue weighted by molar-refractivity contribution is 0.423. The Morgan fingerprint density at radius 2 is 0.909 bits per heavy atom. The van der Waals surface area contributed by atoms with E-state index >= 15 is 0 Å². The minimum absolute atomic E-state index is 0.244. The molecule has 0 aliphatic carbocycles. The predicted octanol–water partition coefficient (Wildman–Crippen LogP) is 8.25. The fourth-order valence-corrected chi connectivity index (χ4v) is 11.5. The first kappa shape index (κ1) is 28.7. The number of benzene rings is 6. The summed E-state index contributed by atoms with van der Waals surface area (Å²) >= 11 is 0. The fourth-order valence-electron chi connectivity index (χ4n) is 6.60. The second kappa shape index (κ2) is 11.8. The van der Waals surface area contributed by atoms with E-state index in [2.05, 4.69) is 173 Å². The second-order valence-corrected chi connectivity index (χ2v) is 16.3. The Balaban J connectivity index is 1.50. The summed E-state index contributed by atoms with van der Waals surface area (Å²) in [4.78, 5) is 0. The van der Waals surface area contributed by atoms with E-state index < -0.39 is 15.8 Å².